The Morgan fingerprint density at radius 3 is 2.18 bits per heavy atom. The molecule has 2 aromatic rings. The van der Waals surface area contributed by atoms with Gasteiger partial charge in [0.05, 0.1) is 6.54 Å². The van der Waals surface area contributed by atoms with Gasteiger partial charge in [-0.15, -0.1) is 0 Å². The third-order valence-corrected chi connectivity index (χ3v) is 4.70. The van der Waals surface area contributed by atoms with Crippen molar-refractivity contribution in [3.05, 3.63) is 71.3 Å². The number of hydrogen-bond acceptors (Lipinski definition) is 4. The molecule has 1 aliphatic rings. The van der Waals surface area contributed by atoms with Crippen molar-refractivity contribution in [2.24, 2.45) is 0 Å². The fourth-order valence-electron chi connectivity index (χ4n) is 3.14. The van der Waals surface area contributed by atoms with Crippen LogP contribution in [-0.4, -0.2) is 35.8 Å². The molecule has 0 aliphatic carbocycles. The molecule has 28 heavy (non-hydrogen) atoms. The summed E-state index contributed by atoms with van der Waals surface area (Å²) in [6.45, 7) is 6.07. The molecule has 1 fully saturated rings. The van der Waals surface area contributed by atoms with Gasteiger partial charge in [-0.05, 0) is 43.2 Å². The summed E-state index contributed by atoms with van der Waals surface area (Å²) < 4.78 is 0. The fourth-order valence-corrected chi connectivity index (χ4v) is 3.14. The normalized spacial score (nSPS) is 15.7. The molecule has 0 atom stereocenters. The van der Waals surface area contributed by atoms with Gasteiger partial charge in [0, 0.05) is 18.8 Å². The molecule has 0 unspecified atom stereocenters. The maximum absolute atomic E-state index is 12.8. The van der Waals surface area contributed by atoms with Gasteiger partial charge in [0.2, 0.25) is 0 Å². The van der Waals surface area contributed by atoms with Gasteiger partial charge in [-0.1, -0.05) is 42.5 Å². The molecule has 4 amide bonds. The molecule has 0 saturated carbocycles. The van der Waals surface area contributed by atoms with Crippen LogP contribution in [0.4, 0.5) is 10.5 Å². The minimum Gasteiger partial charge on any atom is -0.372 e. The summed E-state index contributed by atoms with van der Waals surface area (Å²) in [6.07, 6.45) is 1.52. The van der Waals surface area contributed by atoms with Crippen LogP contribution in [-0.2, 0) is 16.1 Å². The van der Waals surface area contributed by atoms with Crippen LogP contribution in [0.25, 0.3) is 6.08 Å². The van der Waals surface area contributed by atoms with Crippen LogP contribution in [0.1, 0.15) is 25.0 Å². The van der Waals surface area contributed by atoms with E-state index in [0.29, 0.717) is 0 Å². The molecule has 0 radical (unpaired) electrons. The summed E-state index contributed by atoms with van der Waals surface area (Å²) >= 11 is 0. The Bertz CT molecular complexity index is 900. The van der Waals surface area contributed by atoms with Crippen molar-refractivity contribution in [2.75, 3.05) is 18.0 Å². The summed E-state index contributed by atoms with van der Waals surface area (Å²) in [5.74, 6) is -1.27. The number of barbiturate groups is 1. The second-order valence-corrected chi connectivity index (χ2v) is 6.46. The van der Waals surface area contributed by atoms with Gasteiger partial charge in [-0.2, -0.15) is 0 Å². The van der Waals surface area contributed by atoms with Gasteiger partial charge < -0.3 is 4.90 Å². The number of nitrogens with zero attached hydrogens (tertiary/aromatic N) is 2. The topological polar surface area (TPSA) is 69.7 Å². The Kier molecular flexibility index (Phi) is 5.89. The molecule has 6 nitrogen and oxygen atoms in total. The van der Waals surface area contributed by atoms with Crippen molar-refractivity contribution in [1.82, 2.24) is 10.2 Å². The summed E-state index contributed by atoms with van der Waals surface area (Å²) in [4.78, 5) is 40.4. The van der Waals surface area contributed by atoms with Gasteiger partial charge >= 0.3 is 6.03 Å². The highest BCUT2D eigenvalue weighted by Gasteiger charge is 2.35. The Morgan fingerprint density at radius 2 is 1.57 bits per heavy atom. The first kappa shape index (κ1) is 19.4. The number of amides is 4. The van der Waals surface area contributed by atoms with E-state index in [1.54, 1.807) is 0 Å². The number of carbonyl (C=O) groups is 3. The summed E-state index contributed by atoms with van der Waals surface area (Å²) in [5.41, 5.74) is 2.56. The lowest BCUT2D eigenvalue weighted by Crippen LogP contribution is -2.53. The first-order chi connectivity index (χ1) is 13.5. The maximum Gasteiger partial charge on any atom is 0.331 e. The van der Waals surface area contributed by atoms with Gasteiger partial charge in [0.1, 0.15) is 5.57 Å². The SMILES string of the molecule is CCN(CC)c1ccc(C=C2C(=O)NC(=O)N(Cc3ccccc3)C2=O)cc1. The van der Waals surface area contributed by atoms with Gasteiger partial charge in [-0.25, -0.2) is 4.79 Å². The summed E-state index contributed by atoms with van der Waals surface area (Å²) in [5, 5.41) is 2.25. The van der Waals surface area contributed by atoms with Crippen LogP contribution in [0.5, 0.6) is 0 Å². The lowest BCUT2D eigenvalue weighted by Gasteiger charge is -2.26. The molecule has 6 heteroatoms. The Labute approximate surface area is 164 Å². The van der Waals surface area contributed by atoms with Crippen LogP contribution in [0.3, 0.4) is 0 Å². The highest BCUT2D eigenvalue weighted by atomic mass is 16.2. The highest BCUT2D eigenvalue weighted by molar-refractivity contribution is 6.30. The average Bonchev–Trinajstić information content (AvgIpc) is 2.71. The molecule has 1 heterocycles. The van der Waals surface area contributed by atoms with Crippen LogP contribution < -0.4 is 10.2 Å². The lowest BCUT2D eigenvalue weighted by atomic mass is 10.1. The zero-order valence-corrected chi connectivity index (χ0v) is 16.0. The number of hydrogen-bond donors (Lipinski definition) is 1. The number of carbonyl (C=O) groups excluding carboxylic acids is 3. The van der Waals surface area contributed by atoms with E-state index in [9.17, 15) is 14.4 Å². The second kappa shape index (κ2) is 8.52. The quantitative estimate of drug-likeness (QED) is 0.620. The molecule has 144 valence electrons. The highest BCUT2D eigenvalue weighted by Crippen LogP contribution is 2.20. The fraction of sp³-hybridized carbons (Fsp3) is 0.227. The van der Waals surface area contributed by atoms with Crippen molar-refractivity contribution < 1.29 is 14.4 Å². The van der Waals surface area contributed by atoms with Crippen molar-refractivity contribution >= 4 is 29.6 Å². The predicted octanol–water partition coefficient (Wildman–Crippen LogP) is 3.19. The smallest absolute Gasteiger partial charge is 0.331 e. The van der Waals surface area contributed by atoms with E-state index in [4.69, 9.17) is 0 Å². The third kappa shape index (κ3) is 4.11. The van der Waals surface area contributed by atoms with E-state index in [0.717, 1.165) is 34.8 Å². The molecule has 3 rings (SSSR count). The standard InChI is InChI=1S/C22H23N3O3/c1-3-24(4-2)18-12-10-16(11-13-18)14-19-20(26)23-22(28)25(21(19)27)15-17-8-6-5-7-9-17/h5-14H,3-4,15H2,1-2H3,(H,23,26,28). The van der Waals surface area contributed by atoms with E-state index in [2.05, 4.69) is 24.1 Å². The largest absolute Gasteiger partial charge is 0.372 e. The Hall–Kier alpha value is -3.41. The Morgan fingerprint density at radius 1 is 0.929 bits per heavy atom. The minimum atomic E-state index is -0.701. The summed E-state index contributed by atoms with van der Waals surface area (Å²) in [7, 11) is 0. The van der Waals surface area contributed by atoms with Crippen molar-refractivity contribution in [1.29, 1.82) is 0 Å². The second-order valence-electron chi connectivity index (χ2n) is 6.46. The monoisotopic (exact) mass is 377 g/mol. The molecule has 2 aromatic carbocycles. The molecule has 0 aromatic heterocycles. The predicted molar refractivity (Wildman–Crippen MR) is 109 cm³/mol. The van der Waals surface area contributed by atoms with Gasteiger partial charge in [0.25, 0.3) is 11.8 Å². The number of nitrogens with one attached hydrogen (secondary N) is 1. The molecule has 1 saturated heterocycles. The van der Waals surface area contributed by atoms with E-state index in [-0.39, 0.29) is 12.1 Å². The number of urea groups is 1. The molecule has 1 aliphatic heterocycles. The van der Waals surface area contributed by atoms with Gasteiger partial charge in [-0.3, -0.25) is 19.8 Å². The van der Waals surface area contributed by atoms with Crippen LogP contribution in [0.15, 0.2) is 60.2 Å². The number of benzene rings is 2. The average molecular weight is 377 g/mol. The molecule has 0 spiro atoms. The van der Waals surface area contributed by atoms with Crippen LogP contribution >= 0.6 is 0 Å². The first-order valence-electron chi connectivity index (χ1n) is 9.31. The zero-order valence-electron chi connectivity index (χ0n) is 16.0. The number of anilines is 1. The lowest BCUT2D eigenvalue weighted by molar-refractivity contribution is -0.130. The van der Waals surface area contributed by atoms with Crippen molar-refractivity contribution in [3.8, 4) is 0 Å². The Balaban J connectivity index is 1.84. The number of imide groups is 2. The van der Waals surface area contributed by atoms with Crippen molar-refractivity contribution in [2.45, 2.75) is 20.4 Å². The summed E-state index contributed by atoms with van der Waals surface area (Å²) in [6, 6.07) is 16.1. The van der Waals surface area contributed by atoms with E-state index in [1.807, 2.05) is 54.6 Å². The molecule has 1 N–H and O–H groups in total. The van der Waals surface area contributed by atoms with E-state index >= 15 is 0 Å². The maximum atomic E-state index is 12.8. The van der Waals surface area contributed by atoms with Crippen LogP contribution in [0.2, 0.25) is 0 Å². The molecular formula is C22H23N3O3. The third-order valence-electron chi connectivity index (χ3n) is 4.70. The molecule has 0 bridgehead atoms. The minimum absolute atomic E-state index is 0.0499. The van der Waals surface area contributed by atoms with Gasteiger partial charge in [0.15, 0.2) is 0 Å². The van der Waals surface area contributed by atoms with Crippen LogP contribution in [0, 0.1) is 0 Å². The van der Waals surface area contributed by atoms with Crippen molar-refractivity contribution in [3.63, 3.8) is 0 Å². The van der Waals surface area contributed by atoms with E-state index in [1.165, 1.54) is 6.08 Å². The molecular weight excluding hydrogens is 354 g/mol. The number of rotatable bonds is 6. The van der Waals surface area contributed by atoms with E-state index < -0.39 is 17.8 Å². The zero-order chi connectivity index (χ0) is 20.1. The first-order valence-corrected chi connectivity index (χ1v) is 9.31.